The Balaban J connectivity index is 1.48. The molecule has 0 amide bonds. The van der Waals surface area contributed by atoms with Crippen LogP contribution in [0.4, 0.5) is 0 Å². The quantitative estimate of drug-likeness (QED) is 0.234. The Kier molecular flexibility index (Phi) is 8.28. The minimum atomic E-state index is 0.353. The molecule has 5 aromatic heterocycles. The van der Waals surface area contributed by atoms with Gasteiger partial charge in [-0.05, 0) is 120 Å². The molecule has 0 N–H and O–H groups in total. The summed E-state index contributed by atoms with van der Waals surface area (Å²) < 4.78 is 0. The van der Waals surface area contributed by atoms with Gasteiger partial charge in [0.05, 0.1) is 0 Å². The third kappa shape index (κ3) is 6.31. The van der Waals surface area contributed by atoms with E-state index in [9.17, 15) is 0 Å². The van der Waals surface area contributed by atoms with E-state index in [1.807, 2.05) is 31.0 Å². The topological polar surface area (TPSA) is 64.5 Å². The van der Waals surface area contributed by atoms with E-state index in [2.05, 4.69) is 117 Å². The van der Waals surface area contributed by atoms with Crippen molar-refractivity contribution in [3.05, 3.63) is 150 Å². The summed E-state index contributed by atoms with van der Waals surface area (Å²) in [6.45, 7) is 0. The summed E-state index contributed by atoms with van der Waals surface area (Å²) in [7, 11) is 0. The molecule has 0 saturated heterocycles. The van der Waals surface area contributed by atoms with Crippen LogP contribution in [0.25, 0.3) is 0 Å². The number of hydrogen-bond donors (Lipinski definition) is 0. The van der Waals surface area contributed by atoms with Crippen molar-refractivity contribution in [2.75, 3.05) is 0 Å². The molecule has 1 saturated carbocycles. The van der Waals surface area contributed by atoms with Gasteiger partial charge < -0.3 is 0 Å². The Hall–Kier alpha value is -4.25. The van der Waals surface area contributed by atoms with Crippen molar-refractivity contribution in [2.24, 2.45) is 0 Å². The van der Waals surface area contributed by atoms with Crippen LogP contribution in [-0.4, -0.2) is 24.9 Å². The highest BCUT2D eigenvalue weighted by molar-refractivity contribution is 5.27. The van der Waals surface area contributed by atoms with Gasteiger partial charge in [-0.15, -0.1) is 0 Å². The highest BCUT2D eigenvalue weighted by Gasteiger charge is 2.32. The Labute approximate surface area is 236 Å². The first-order chi connectivity index (χ1) is 19.8. The van der Waals surface area contributed by atoms with Crippen molar-refractivity contribution >= 4 is 0 Å². The summed E-state index contributed by atoms with van der Waals surface area (Å²) in [6, 6.07) is 21.6. The molecule has 0 radical (unpaired) electrons. The van der Waals surface area contributed by atoms with Crippen LogP contribution in [0.5, 0.6) is 0 Å². The Bertz CT molecular complexity index is 1160. The van der Waals surface area contributed by atoms with Gasteiger partial charge in [-0.1, -0.05) is 30.3 Å². The lowest BCUT2D eigenvalue weighted by Crippen LogP contribution is -2.20. The summed E-state index contributed by atoms with van der Waals surface area (Å²) in [6.07, 6.45) is 24.9. The van der Waals surface area contributed by atoms with Crippen LogP contribution >= 0.6 is 0 Å². The van der Waals surface area contributed by atoms with Gasteiger partial charge in [0.2, 0.25) is 0 Å². The molecule has 1 aliphatic rings. The van der Waals surface area contributed by atoms with Crippen molar-refractivity contribution in [3.63, 3.8) is 0 Å². The fourth-order valence-electron chi connectivity index (χ4n) is 6.65. The van der Waals surface area contributed by atoms with Crippen molar-refractivity contribution < 1.29 is 0 Å². The minimum Gasteiger partial charge on any atom is -0.264 e. The molecule has 0 unspecified atom stereocenters. The predicted molar refractivity (Wildman–Crippen MR) is 158 cm³/mol. The average molecular weight is 526 g/mol. The third-order valence-corrected chi connectivity index (χ3v) is 8.62. The molecule has 5 aromatic rings. The molecule has 1 aliphatic carbocycles. The fraction of sp³-hybridized carbons (Fsp3) is 0.286. The van der Waals surface area contributed by atoms with Gasteiger partial charge in [0.25, 0.3) is 0 Å². The third-order valence-electron chi connectivity index (χ3n) is 8.62. The predicted octanol–water partition coefficient (Wildman–Crippen LogP) is 7.84. The van der Waals surface area contributed by atoms with Crippen molar-refractivity contribution in [2.45, 2.75) is 61.7 Å². The van der Waals surface area contributed by atoms with E-state index in [-0.39, 0.29) is 0 Å². The van der Waals surface area contributed by atoms with Crippen LogP contribution in [-0.2, 0) is 0 Å². The molecule has 0 aromatic carbocycles. The summed E-state index contributed by atoms with van der Waals surface area (Å²) in [5.41, 5.74) is 6.54. The largest absolute Gasteiger partial charge is 0.264 e. The van der Waals surface area contributed by atoms with E-state index in [4.69, 9.17) is 0 Å². The lowest BCUT2D eigenvalue weighted by molar-refractivity contribution is 0.350. The van der Waals surface area contributed by atoms with E-state index < -0.39 is 0 Å². The Morgan fingerprint density at radius 3 is 0.675 bits per heavy atom. The normalized spacial score (nSPS) is 23.8. The second-order valence-corrected chi connectivity index (χ2v) is 11.1. The standard InChI is InChI=1S/C35H35N5/c1-6-26(21-36-11-1)31-16-32(27-7-2-12-37-22-27)18-34(29-9-4-14-39-24-29)20-35(30-10-5-15-40-25-30)19-33(17-31)28-8-3-13-38-23-28/h1-15,21-25,31-35H,16-20H2. The second kappa shape index (κ2) is 12.7. The van der Waals surface area contributed by atoms with Crippen LogP contribution in [0.15, 0.2) is 123 Å². The molecule has 5 nitrogen and oxygen atoms in total. The number of rotatable bonds is 5. The second-order valence-electron chi connectivity index (χ2n) is 11.1. The van der Waals surface area contributed by atoms with E-state index in [0.717, 1.165) is 32.1 Å². The minimum absolute atomic E-state index is 0.353. The maximum absolute atomic E-state index is 4.54. The SMILES string of the molecule is c1cncc(C2CC(c3cccnc3)CC(c3cccnc3)CC(c3cccnc3)CC(c3cccnc3)C2)c1. The molecule has 0 spiro atoms. The molecule has 0 atom stereocenters. The summed E-state index contributed by atoms with van der Waals surface area (Å²) >= 11 is 0. The molecule has 5 heterocycles. The van der Waals surface area contributed by atoms with Gasteiger partial charge in [-0.25, -0.2) is 0 Å². The highest BCUT2D eigenvalue weighted by Crippen LogP contribution is 2.48. The van der Waals surface area contributed by atoms with Crippen LogP contribution in [0.3, 0.4) is 0 Å². The van der Waals surface area contributed by atoms with Crippen molar-refractivity contribution in [1.82, 2.24) is 24.9 Å². The average Bonchev–Trinajstić information content (AvgIpc) is 3.04. The van der Waals surface area contributed by atoms with Crippen LogP contribution in [0.1, 0.15) is 89.5 Å². The van der Waals surface area contributed by atoms with Crippen molar-refractivity contribution in [1.29, 1.82) is 0 Å². The summed E-state index contributed by atoms with van der Waals surface area (Å²) in [5, 5.41) is 0. The zero-order valence-electron chi connectivity index (χ0n) is 22.7. The summed E-state index contributed by atoms with van der Waals surface area (Å²) in [5.74, 6) is 1.77. The maximum Gasteiger partial charge on any atom is 0.0302 e. The van der Waals surface area contributed by atoms with Gasteiger partial charge in [0, 0.05) is 62.0 Å². The van der Waals surface area contributed by atoms with Crippen molar-refractivity contribution in [3.8, 4) is 0 Å². The molecule has 0 aliphatic heterocycles. The lowest BCUT2D eigenvalue weighted by Gasteiger charge is -2.35. The molecular weight excluding hydrogens is 490 g/mol. The molecule has 200 valence electrons. The fourth-order valence-corrected chi connectivity index (χ4v) is 6.65. The van der Waals surface area contributed by atoms with Crippen LogP contribution in [0.2, 0.25) is 0 Å². The van der Waals surface area contributed by atoms with Gasteiger partial charge in [0.1, 0.15) is 0 Å². The van der Waals surface area contributed by atoms with E-state index in [1.54, 1.807) is 0 Å². The monoisotopic (exact) mass is 525 g/mol. The Morgan fingerprint density at radius 2 is 0.525 bits per heavy atom. The molecule has 6 rings (SSSR count). The molecular formula is C35H35N5. The van der Waals surface area contributed by atoms with Crippen LogP contribution in [0, 0.1) is 0 Å². The van der Waals surface area contributed by atoms with Crippen LogP contribution < -0.4 is 0 Å². The smallest absolute Gasteiger partial charge is 0.0302 e. The Morgan fingerprint density at radius 1 is 0.325 bits per heavy atom. The zero-order valence-corrected chi connectivity index (χ0v) is 22.7. The number of pyridine rings is 5. The lowest BCUT2D eigenvalue weighted by atomic mass is 9.69. The van der Waals surface area contributed by atoms with Gasteiger partial charge >= 0.3 is 0 Å². The van der Waals surface area contributed by atoms with E-state index >= 15 is 0 Å². The number of hydrogen-bond acceptors (Lipinski definition) is 5. The number of aromatic nitrogens is 5. The van der Waals surface area contributed by atoms with Gasteiger partial charge in [-0.2, -0.15) is 0 Å². The molecule has 40 heavy (non-hydrogen) atoms. The number of nitrogens with zero attached hydrogens (tertiary/aromatic N) is 5. The first-order valence-electron chi connectivity index (χ1n) is 14.3. The van der Waals surface area contributed by atoms with E-state index in [0.29, 0.717) is 29.6 Å². The maximum atomic E-state index is 4.54. The van der Waals surface area contributed by atoms with E-state index in [1.165, 1.54) is 27.8 Å². The summed E-state index contributed by atoms with van der Waals surface area (Å²) in [4.78, 5) is 22.7. The van der Waals surface area contributed by atoms with Gasteiger partial charge in [0.15, 0.2) is 0 Å². The zero-order chi connectivity index (χ0) is 27.0. The first-order valence-corrected chi connectivity index (χ1v) is 14.3. The molecule has 1 fully saturated rings. The molecule has 5 heteroatoms. The highest BCUT2D eigenvalue weighted by atomic mass is 14.6. The first kappa shape index (κ1) is 26.0. The molecule has 0 bridgehead atoms. The van der Waals surface area contributed by atoms with Gasteiger partial charge in [-0.3, -0.25) is 24.9 Å².